The highest BCUT2D eigenvalue weighted by Gasteiger charge is 2.55. The Hall–Kier alpha value is -2.45. The topological polar surface area (TPSA) is 160 Å². The van der Waals surface area contributed by atoms with Gasteiger partial charge in [-0.25, -0.2) is 13.2 Å². The van der Waals surface area contributed by atoms with Crippen LogP contribution >= 0.6 is 0 Å². The molecule has 0 aromatic carbocycles. The molecule has 2 saturated carbocycles. The van der Waals surface area contributed by atoms with Crippen LogP contribution in [0.15, 0.2) is 12.2 Å². The average molecular weight is 699 g/mol. The van der Waals surface area contributed by atoms with Crippen molar-refractivity contribution in [2.75, 3.05) is 6.54 Å². The SMILES string of the molecule is CC=CCCCCC[C@H](NC(=O)OC(C)(C)C)C(=O)N1C[C@H](O[Si](C)(C)C(C)(C)C)C[C@H]1C(=O)NC1(C(=O)NS(=O)(=O)C2CC2)CC1. The molecule has 3 N–H and O–H groups in total. The molecule has 1 aliphatic heterocycles. The minimum Gasteiger partial charge on any atom is -0.444 e. The largest absolute Gasteiger partial charge is 0.444 e. The maximum Gasteiger partial charge on any atom is 0.408 e. The molecule has 3 fully saturated rings. The van der Waals surface area contributed by atoms with Crippen molar-refractivity contribution in [3.63, 3.8) is 0 Å². The average Bonchev–Trinajstić information content (AvgIpc) is 3.85. The van der Waals surface area contributed by atoms with E-state index in [4.69, 9.17) is 9.16 Å². The van der Waals surface area contributed by atoms with Crippen LogP contribution in [-0.2, 0) is 33.6 Å². The van der Waals surface area contributed by atoms with E-state index in [-0.39, 0.29) is 18.0 Å². The number of hydrogen-bond acceptors (Lipinski definition) is 8. The summed E-state index contributed by atoms with van der Waals surface area (Å²) >= 11 is 0. The van der Waals surface area contributed by atoms with Crippen LogP contribution < -0.4 is 15.4 Å². The Labute approximate surface area is 282 Å². The van der Waals surface area contributed by atoms with Crippen LogP contribution in [0.1, 0.15) is 113 Å². The van der Waals surface area contributed by atoms with Gasteiger partial charge in [0.05, 0.1) is 11.4 Å². The number of carbonyl (C=O) groups excluding carboxylic acids is 4. The van der Waals surface area contributed by atoms with E-state index in [1.165, 1.54) is 4.90 Å². The molecule has 3 atom stereocenters. The van der Waals surface area contributed by atoms with Crippen molar-refractivity contribution in [1.82, 2.24) is 20.3 Å². The monoisotopic (exact) mass is 698 g/mol. The molecule has 0 radical (unpaired) electrons. The lowest BCUT2D eigenvalue weighted by atomic mass is 10.0. The summed E-state index contributed by atoms with van der Waals surface area (Å²) in [7, 11) is -6.09. The second-order valence-electron chi connectivity index (χ2n) is 15.9. The Balaban J connectivity index is 1.83. The van der Waals surface area contributed by atoms with E-state index in [1.807, 2.05) is 13.0 Å². The quantitative estimate of drug-likeness (QED) is 0.127. The molecule has 0 bridgehead atoms. The molecule has 0 aromatic heterocycles. The summed E-state index contributed by atoms with van der Waals surface area (Å²) in [5.74, 6) is -1.71. The van der Waals surface area contributed by atoms with Crippen molar-refractivity contribution >= 4 is 42.2 Å². The molecule has 1 heterocycles. The molecular formula is C33H58N4O8SSi. The molecule has 0 spiro atoms. The van der Waals surface area contributed by atoms with Crippen molar-refractivity contribution in [1.29, 1.82) is 0 Å². The van der Waals surface area contributed by atoms with Gasteiger partial charge in [0.25, 0.3) is 5.91 Å². The summed E-state index contributed by atoms with van der Waals surface area (Å²) in [6, 6.07) is -1.91. The van der Waals surface area contributed by atoms with Gasteiger partial charge in [-0.05, 0) is 90.8 Å². The van der Waals surface area contributed by atoms with Gasteiger partial charge in [0.1, 0.15) is 23.2 Å². The summed E-state index contributed by atoms with van der Waals surface area (Å²) in [5, 5.41) is 4.87. The molecule has 3 aliphatic rings. The fourth-order valence-corrected chi connectivity index (χ4v) is 8.11. The minimum absolute atomic E-state index is 0.112. The number of sulfonamides is 1. The number of likely N-dealkylation sites (tertiary alicyclic amines) is 1. The lowest BCUT2D eigenvalue weighted by molar-refractivity contribution is -0.141. The summed E-state index contributed by atoms with van der Waals surface area (Å²) in [6.07, 6.45) is 8.51. The maximum atomic E-state index is 14.3. The van der Waals surface area contributed by atoms with E-state index in [0.717, 1.165) is 19.3 Å². The van der Waals surface area contributed by atoms with Gasteiger partial charge in [0.15, 0.2) is 8.32 Å². The summed E-state index contributed by atoms with van der Waals surface area (Å²) < 4.78 is 39.2. The highest BCUT2D eigenvalue weighted by molar-refractivity contribution is 7.91. The Morgan fingerprint density at radius 1 is 1.02 bits per heavy atom. The Morgan fingerprint density at radius 3 is 2.19 bits per heavy atom. The van der Waals surface area contributed by atoms with Crippen molar-refractivity contribution in [3.8, 4) is 0 Å². The number of hydrogen-bond donors (Lipinski definition) is 3. The van der Waals surface area contributed by atoms with Gasteiger partial charge in [-0.2, -0.15) is 0 Å². The number of ether oxygens (including phenoxy) is 1. The predicted octanol–water partition coefficient (Wildman–Crippen LogP) is 4.65. The van der Waals surface area contributed by atoms with E-state index in [9.17, 15) is 27.6 Å². The number of nitrogens with one attached hydrogen (secondary N) is 3. The van der Waals surface area contributed by atoms with Gasteiger partial charge in [-0.15, -0.1) is 0 Å². The lowest BCUT2D eigenvalue weighted by Crippen LogP contribution is -2.57. The second-order valence-corrected chi connectivity index (χ2v) is 22.6. The number of amides is 4. The van der Waals surface area contributed by atoms with Crippen LogP contribution in [0.2, 0.25) is 18.1 Å². The number of rotatable bonds is 15. The zero-order valence-corrected chi connectivity index (χ0v) is 31.7. The van der Waals surface area contributed by atoms with Crippen molar-refractivity contribution < 1.29 is 36.8 Å². The van der Waals surface area contributed by atoms with Crippen molar-refractivity contribution in [2.24, 2.45) is 0 Å². The zero-order chi connectivity index (χ0) is 35.4. The molecule has 4 amide bonds. The van der Waals surface area contributed by atoms with Gasteiger partial charge in [-0.1, -0.05) is 45.8 Å². The fourth-order valence-electron chi connectivity index (χ4n) is 5.37. The first kappa shape index (κ1) is 39.0. The van der Waals surface area contributed by atoms with Gasteiger partial charge >= 0.3 is 6.09 Å². The highest BCUT2D eigenvalue weighted by Crippen LogP contribution is 2.40. The third kappa shape index (κ3) is 11.0. The van der Waals surface area contributed by atoms with Crippen LogP contribution in [0.4, 0.5) is 4.79 Å². The normalized spacial score (nSPS) is 22.1. The zero-order valence-electron chi connectivity index (χ0n) is 29.9. The Kier molecular flexibility index (Phi) is 12.4. The van der Waals surface area contributed by atoms with Crippen LogP contribution in [-0.4, -0.2) is 86.6 Å². The van der Waals surface area contributed by atoms with Gasteiger partial charge in [-0.3, -0.25) is 19.1 Å². The maximum absolute atomic E-state index is 14.3. The van der Waals surface area contributed by atoms with Crippen molar-refractivity contribution in [3.05, 3.63) is 12.2 Å². The van der Waals surface area contributed by atoms with Crippen LogP contribution in [0, 0.1) is 0 Å². The van der Waals surface area contributed by atoms with Gasteiger partial charge in [0.2, 0.25) is 21.8 Å². The van der Waals surface area contributed by atoms with E-state index >= 15 is 0 Å². The summed E-state index contributed by atoms with van der Waals surface area (Å²) in [6.45, 7) is 17.9. The number of nitrogens with zero attached hydrogens (tertiary/aromatic N) is 1. The van der Waals surface area contributed by atoms with Crippen LogP contribution in [0.5, 0.6) is 0 Å². The van der Waals surface area contributed by atoms with Crippen LogP contribution in [0.3, 0.4) is 0 Å². The third-order valence-corrected chi connectivity index (χ3v) is 15.8. The van der Waals surface area contributed by atoms with Crippen molar-refractivity contribution in [2.45, 2.75) is 165 Å². The molecular weight excluding hydrogens is 641 g/mol. The number of carbonyl (C=O) groups is 4. The molecule has 0 unspecified atom stereocenters. The number of unbranched alkanes of at least 4 members (excludes halogenated alkanes) is 3. The summed E-state index contributed by atoms with van der Waals surface area (Å²) in [5.41, 5.74) is -2.11. The molecule has 3 rings (SSSR count). The molecule has 1 saturated heterocycles. The fraction of sp³-hybridized carbons (Fsp3) is 0.818. The molecule has 0 aromatic rings. The first-order valence-electron chi connectivity index (χ1n) is 17.1. The van der Waals surface area contributed by atoms with Gasteiger partial charge < -0.3 is 24.7 Å². The minimum atomic E-state index is -3.79. The second kappa shape index (κ2) is 15.0. The van der Waals surface area contributed by atoms with E-state index in [1.54, 1.807) is 20.8 Å². The lowest BCUT2D eigenvalue weighted by Gasteiger charge is -2.38. The Morgan fingerprint density at radius 2 is 1.66 bits per heavy atom. The van der Waals surface area contributed by atoms with E-state index < -0.39 is 76.7 Å². The molecule has 2 aliphatic carbocycles. The highest BCUT2D eigenvalue weighted by atomic mass is 32.2. The van der Waals surface area contributed by atoms with Gasteiger partial charge in [0, 0.05) is 13.0 Å². The van der Waals surface area contributed by atoms with Crippen LogP contribution in [0.25, 0.3) is 0 Å². The first-order chi connectivity index (χ1) is 21.6. The van der Waals surface area contributed by atoms with E-state index in [2.05, 4.69) is 55.3 Å². The summed E-state index contributed by atoms with van der Waals surface area (Å²) in [4.78, 5) is 55.6. The molecule has 268 valence electrons. The standard InChI is InChI=1S/C33H58N4O8SSi/c1-10-11-12-13-14-15-16-25(34-30(41)44-31(2,3)4)28(39)37-22-23(45-47(8,9)32(5,6)7)21-26(37)27(38)35-33(19-20-33)29(40)36-46(42,43)24-17-18-24/h10-11,23-26H,12-22H2,1-9H3,(H,34,41)(H,35,38)(H,36,40)/t23-,25+,26+/m1/s1. The number of alkyl carbamates (subject to hydrolysis) is 1. The molecule has 47 heavy (non-hydrogen) atoms. The Bertz CT molecular complexity index is 1300. The predicted molar refractivity (Wildman–Crippen MR) is 183 cm³/mol. The first-order valence-corrected chi connectivity index (χ1v) is 21.5. The van der Waals surface area contributed by atoms with E-state index in [0.29, 0.717) is 38.5 Å². The smallest absolute Gasteiger partial charge is 0.408 e. The third-order valence-electron chi connectivity index (χ3n) is 9.45. The molecule has 12 nitrogen and oxygen atoms in total. The molecule has 14 heteroatoms. The number of allylic oxidation sites excluding steroid dienone is 2.